The largest absolute Gasteiger partial charge is 0.472 e. The second-order valence-corrected chi connectivity index (χ2v) is 13.2. The molecule has 3 atom stereocenters. The van der Waals surface area contributed by atoms with Crippen molar-refractivity contribution in [3.8, 4) is 0 Å². The summed E-state index contributed by atoms with van der Waals surface area (Å²) >= 11 is 0. The average Bonchev–Trinajstić information content (AvgIpc) is 3.02. The van der Waals surface area contributed by atoms with E-state index in [0.29, 0.717) is 6.42 Å². The Balaban J connectivity index is 4.45. The summed E-state index contributed by atoms with van der Waals surface area (Å²) < 4.78 is 21.9. The number of nitrogens with one attached hydrogen (secondary N) is 1. The van der Waals surface area contributed by atoms with Gasteiger partial charge in [-0.05, 0) is 64.2 Å². The van der Waals surface area contributed by atoms with Gasteiger partial charge in [0.2, 0.25) is 5.91 Å². The standard InChI is InChI=1S/C36H67N2O6P/c1-3-5-7-9-11-13-15-17-18-20-22-24-26-28-30-36(40)38-34(33-44-45(41,42)43-32-31-37)35(39)29-27-25-23-21-19-16-14-12-10-8-6-4-2/h10,12,15,17,19,21,27,29,34-35,39H,3-9,11,13-14,16,18,20,22-26,28,30-33,37H2,1-2H3,(H,38,40)(H,41,42)/b12-10+,17-15-,21-19+,29-27+. The number of amides is 1. The van der Waals surface area contributed by atoms with Crippen molar-refractivity contribution in [2.45, 2.75) is 154 Å². The number of aliphatic hydroxyl groups is 1. The fourth-order valence-electron chi connectivity index (χ4n) is 4.61. The van der Waals surface area contributed by atoms with Gasteiger partial charge in [0.05, 0.1) is 25.4 Å². The van der Waals surface area contributed by atoms with E-state index in [2.05, 4.69) is 55.6 Å². The molecule has 45 heavy (non-hydrogen) atoms. The van der Waals surface area contributed by atoms with E-state index in [0.717, 1.165) is 70.6 Å². The van der Waals surface area contributed by atoms with Gasteiger partial charge in [-0.1, -0.05) is 120 Å². The number of carbonyl (C=O) groups is 1. The van der Waals surface area contributed by atoms with Crippen LogP contribution < -0.4 is 11.1 Å². The smallest absolute Gasteiger partial charge is 0.387 e. The Bertz CT molecular complexity index is 845. The lowest BCUT2D eigenvalue weighted by Crippen LogP contribution is -2.45. The quantitative estimate of drug-likeness (QED) is 0.0323. The molecule has 0 saturated carbocycles. The number of hydrogen-bond acceptors (Lipinski definition) is 6. The highest BCUT2D eigenvalue weighted by Gasteiger charge is 2.26. The normalized spacial score (nSPS) is 15.0. The Morgan fingerprint density at radius 3 is 1.78 bits per heavy atom. The van der Waals surface area contributed by atoms with Gasteiger partial charge in [-0.2, -0.15) is 0 Å². The average molecular weight is 655 g/mol. The van der Waals surface area contributed by atoms with E-state index >= 15 is 0 Å². The van der Waals surface area contributed by atoms with Gasteiger partial charge >= 0.3 is 7.82 Å². The fraction of sp³-hybridized carbons (Fsp3) is 0.750. The zero-order valence-electron chi connectivity index (χ0n) is 28.6. The monoisotopic (exact) mass is 654 g/mol. The molecule has 0 aromatic rings. The minimum Gasteiger partial charge on any atom is -0.387 e. The Kier molecular flexibility index (Phi) is 31.3. The van der Waals surface area contributed by atoms with Crippen LogP contribution in [0.25, 0.3) is 0 Å². The first kappa shape index (κ1) is 43.5. The number of phosphoric ester groups is 1. The van der Waals surface area contributed by atoms with E-state index in [9.17, 15) is 19.4 Å². The Morgan fingerprint density at radius 2 is 1.20 bits per heavy atom. The van der Waals surface area contributed by atoms with Gasteiger partial charge in [0.15, 0.2) is 0 Å². The molecule has 9 heteroatoms. The number of aliphatic hydroxyl groups excluding tert-OH is 1. The van der Waals surface area contributed by atoms with Crippen molar-refractivity contribution in [2.24, 2.45) is 5.73 Å². The SMILES string of the molecule is CCCC/C=C/CC/C=C/CC/C=C/C(O)C(COP(=O)(O)OCCN)NC(=O)CCCCCCC/C=C\CCCCCCC. The lowest BCUT2D eigenvalue weighted by Gasteiger charge is -2.23. The summed E-state index contributed by atoms with van der Waals surface area (Å²) in [6.07, 6.45) is 37.3. The second kappa shape index (κ2) is 32.4. The van der Waals surface area contributed by atoms with Gasteiger partial charge in [-0.15, -0.1) is 0 Å². The van der Waals surface area contributed by atoms with Crippen molar-refractivity contribution >= 4 is 13.7 Å². The summed E-state index contributed by atoms with van der Waals surface area (Å²) in [5, 5.41) is 13.5. The first-order valence-corrected chi connectivity index (χ1v) is 19.3. The molecule has 0 radical (unpaired) electrons. The van der Waals surface area contributed by atoms with E-state index in [1.807, 2.05) is 6.08 Å². The fourth-order valence-corrected chi connectivity index (χ4v) is 5.37. The molecule has 3 unspecified atom stereocenters. The summed E-state index contributed by atoms with van der Waals surface area (Å²) in [6, 6.07) is -0.885. The van der Waals surface area contributed by atoms with Gasteiger partial charge in [-0.25, -0.2) is 4.57 Å². The topological polar surface area (TPSA) is 131 Å². The maximum Gasteiger partial charge on any atom is 0.472 e. The Hall–Kier alpha value is -1.54. The van der Waals surface area contributed by atoms with Gasteiger partial charge in [0, 0.05) is 13.0 Å². The number of allylic oxidation sites excluding steroid dienone is 7. The van der Waals surface area contributed by atoms with E-state index < -0.39 is 20.0 Å². The highest BCUT2D eigenvalue weighted by atomic mass is 31.2. The van der Waals surface area contributed by atoms with E-state index in [-0.39, 0.29) is 25.7 Å². The van der Waals surface area contributed by atoms with Crippen LogP contribution in [0.15, 0.2) is 48.6 Å². The number of hydrogen-bond donors (Lipinski definition) is 4. The molecule has 0 heterocycles. The zero-order valence-corrected chi connectivity index (χ0v) is 29.5. The number of nitrogens with two attached hydrogens (primary N) is 1. The molecule has 0 spiro atoms. The maximum absolute atomic E-state index is 12.6. The van der Waals surface area contributed by atoms with Crippen molar-refractivity contribution in [2.75, 3.05) is 19.8 Å². The molecule has 0 aliphatic rings. The minimum absolute atomic E-state index is 0.0689. The molecule has 1 amide bonds. The van der Waals surface area contributed by atoms with E-state index in [4.69, 9.17) is 14.8 Å². The minimum atomic E-state index is -4.34. The third kappa shape index (κ3) is 30.9. The predicted molar refractivity (Wildman–Crippen MR) is 189 cm³/mol. The van der Waals surface area contributed by atoms with E-state index in [1.54, 1.807) is 6.08 Å². The van der Waals surface area contributed by atoms with Crippen molar-refractivity contribution < 1.29 is 28.4 Å². The summed E-state index contributed by atoms with van der Waals surface area (Å²) in [4.78, 5) is 22.5. The van der Waals surface area contributed by atoms with Crippen LogP contribution in [-0.2, 0) is 18.4 Å². The molecular formula is C36H67N2O6P. The summed E-state index contributed by atoms with van der Waals surface area (Å²) in [6.45, 7) is 4.00. The lowest BCUT2D eigenvalue weighted by molar-refractivity contribution is -0.123. The molecule has 5 N–H and O–H groups in total. The Morgan fingerprint density at radius 1 is 0.711 bits per heavy atom. The maximum atomic E-state index is 12.6. The van der Waals surface area contributed by atoms with Crippen LogP contribution in [0.4, 0.5) is 0 Å². The highest BCUT2D eigenvalue weighted by Crippen LogP contribution is 2.43. The summed E-state index contributed by atoms with van der Waals surface area (Å²) in [5.74, 6) is -0.222. The van der Waals surface area contributed by atoms with Gasteiger partial charge < -0.3 is 21.1 Å². The van der Waals surface area contributed by atoms with Crippen molar-refractivity contribution in [1.82, 2.24) is 5.32 Å². The molecule has 262 valence electrons. The van der Waals surface area contributed by atoms with Crippen LogP contribution >= 0.6 is 7.82 Å². The van der Waals surface area contributed by atoms with Crippen molar-refractivity contribution in [1.29, 1.82) is 0 Å². The summed E-state index contributed by atoms with van der Waals surface area (Å²) in [7, 11) is -4.34. The molecule has 0 saturated heterocycles. The third-order valence-electron chi connectivity index (χ3n) is 7.35. The lowest BCUT2D eigenvalue weighted by atomic mass is 10.1. The molecule has 0 aliphatic carbocycles. The van der Waals surface area contributed by atoms with Crippen LogP contribution in [0.2, 0.25) is 0 Å². The number of unbranched alkanes of at least 4 members (excludes halogenated alkanes) is 14. The number of rotatable bonds is 32. The van der Waals surface area contributed by atoms with Gasteiger partial charge in [0.1, 0.15) is 0 Å². The van der Waals surface area contributed by atoms with Crippen LogP contribution in [0.5, 0.6) is 0 Å². The number of carbonyl (C=O) groups excluding carboxylic acids is 1. The molecule has 0 fully saturated rings. The van der Waals surface area contributed by atoms with Gasteiger partial charge in [0.25, 0.3) is 0 Å². The Labute approximate surface area is 275 Å². The molecule has 0 bridgehead atoms. The molecule has 0 aliphatic heterocycles. The van der Waals surface area contributed by atoms with Gasteiger partial charge in [-0.3, -0.25) is 13.8 Å². The molecule has 0 aromatic heterocycles. The van der Waals surface area contributed by atoms with Crippen LogP contribution in [0.3, 0.4) is 0 Å². The molecular weight excluding hydrogens is 587 g/mol. The van der Waals surface area contributed by atoms with Crippen LogP contribution in [0, 0.1) is 0 Å². The van der Waals surface area contributed by atoms with Crippen LogP contribution in [-0.4, -0.2) is 47.8 Å². The third-order valence-corrected chi connectivity index (χ3v) is 8.34. The zero-order chi connectivity index (χ0) is 33.3. The van der Waals surface area contributed by atoms with Crippen LogP contribution in [0.1, 0.15) is 142 Å². The second-order valence-electron chi connectivity index (χ2n) is 11.7. The molecule has 0 aromatic carbocycles. The van der Waals surface area contributed by atoms with Crippen molar-refractivity contribution in [3.05, 3.63) is 48.6 Å². The first-order valence-electron chi connectivity index (χ1n) is 17.8. The first-order chi connectivity index (χ1) is 21.9. The molecule has 8 nitrogen and oxygen atoms in total. The highest BCUT2D eigenvalue weighted by molar-refractivity contribution is 7.47. The summed E-state index contributed by atoms with van der Waals surface area (Å²) in [5.41, 5.74) is 5.34. The predicted octanol–water partition coefficient (Wildman–Crippen LogP) is 8.99. The molecule has 0 rings (SSSR count). The van der Waals surface area contributed by atoms with Crippen molar-refractivity contribution in [3.63, 3.8) is 0 Å². The number of phosphoric acid groups is 1. The van der Waals surface area contributed by atoms with E-state index in [1.165, 1.54) is 51.4 Å².